The van der Waals surface area contributed by atoms with Crippen LogP contribution in [0.5, 0.6) is 0 Å². The lowest BCUT2D eigenvalue weighted by Gasteiger charge is -2.07. The van der Waals surface area contributed by atoms with Crippen LogP contribution >= 0.6 is 0 Å². The molecule has 0 aliphatic rings. The molecule has 86 valence electrons. The number of carbonyl (C=O) groups is 1. The SMILES string of the molecule is COC(=O)c1ccccc1-c1ccc(N)cn1. The second-order valence-corrected chi connectivity index (χ2v) is 3.51. The highest BCUT2D eigenvalue weighted by molar-refractivity contribution is 5.96. The van der Waals surface area contributed by atoms with Crippen molar-refractivity contribution in [3.63, 3.8) is 0 Å². The molecule has 0 aliphatic carbocycles. The number of pyridine rings is 1. The largest absolute Gasteiger partial charge is 0.465 e. The molecular formula is C13H12N2O2. The van der Waals surface area contributed by atoms with Crippen LogP contribution in [0.25, 0.3) is 11.3 Å². The summed E-state index contributed by atoms with van der Waals surface area (Å²) in [6, 6.07) is 10.7. The number of carbonyl (C=O) groups excluding carboxylic acids is 1. The molecule has 0 saturated carbocycles. The first-order chi connectivity index (χ1) is 8.22. The van der Waals surface area contributed by atoms with Gasteiger partial charge in [-0.05, 0) is 18.2 Å². The van der Waals surface area contributed by atoms with Gasteiger partial charge in [-0.15, -0.1) is 0 Å². The van der Waals surface area contributed by atoms with E-state index in [2.05, 4.69) is 4.98 Å². The van der Waals surface area contributed by atoms with Gasteiger partial charge >= 0.3 is 5.97 Å². The van der Waals surface area contributed by atoms with Crippen LogP contribution < -0.4 is 5.73 Å². The number of aromatic nitrogens is 1. The summed E-state index contributed by atoms with van der Waals surface area (Å²) in [6.45, 7) is 0. The summed E-state index contributed by atoms with van der Waals surface area (Å²) in [5.41, 5.74) is 8.08. The number of anilines is 1. The predicted molar refractivity (Wildman–Crippen MR) is 65.4 cm³/mol. The number of methoxy groups -OCH3 is 1. The first-order valence-electron chi connectivity index (χ1n) is 5.11. The number of benzene rings is 1. The molecule has 0 unspecified atom stereocenters. The van der Waals surface area contributed by atoms with Gasteiger partial charge in [0.1, 0.15) is 0 Å². The van der Waals surface area contributed by atoms with Gasteiger partial charge < -0.3 is 10.5 Å². The third-order valence-corrected chi connectivity index (χ3v) is 2.39. The van der Waals surface area contributed by atoms with E-state index in [1.807, 2.05) is 12.1 Å². The standard InChI is InChI=1S/C13H12N2O2/c1-17-13(16)11-5-3-2-4-10(11)12-7-6-9(14)8-15-12/h2-8H,14H2,1H3. The van der Waals surface area contributed by atoms with Crippen molar-refractivity contribution in [3.8, 4) is 11.3 Å². The zero-order valence-corrected chi connectivity index (χ0v) is 9.38. The average Bonchev–Trinajstić information content (AvgIpc) is 2.39. The molecule has 0 fully saturated rings. The Morgan fingerprint density at radius 2 is 2.00 bits per heavy atom. The van der Waals surface area contributed by atoms with Crippen LogP contribution in [0.2, 0.25) is 0 Å². The van der Waals surface area contributed by atoms with Crippen molar-refractivity contribution in [3.05, 3.63) is 48.2 Å². The highest BCUT2D eigenvalue weighted by Crippen LogP contribution is 2.22. The summed E-state index contributed by atoms with van der Waals surface area (Å²) in [6.07, 6.45) is 1.56. The lowest BCUT2D eigenvalue weighted by Crippen LogP contribution is -2.03. The monoisotopic (exact) mass is 228 g/mol. The molecule has 1 heterocycles. The summed E-state index contributed by atoms with van der Waals surface area (Å²) < 4.78 is 4.73. The predicted octanol–water partition coefficient (Wildman–Crippen LogP) is 2.12. The van der Waals surface area contributed by atoms with Gasteiger partial charge in [0.15, 0.2) is 0 Å². The van der Waals surface area contributed by atoms with E-state index in [0.717, 1.165) is 5.56 Å². The minimum Gasteiger partial charge on any atom is -0.465 e. The molecule has 0 aliphatic heterocycles. The number of ether oxygens (including phenoxy) is 1. The van der Waals surface area contributed by atoms with E-state index in [4.69, 9.17) is 10.5 Å². The van der Waals surface area contributed by atoms with Crippen molar-refractivity contribution in [1.29, 1.82) is 0 Å². The summed E-state index contributed by atoms with van der Waals surface area (Å²) in [5.74, 6) is -0.376. The normalized spacial score (nSPS) is 9.94. The molecule has 2 aromatic rings. The molecule has 0 bridgehead atoms. The van der Waals surface area contributed by atoms with E-state index >= 15 is 0 Å². The maximum atomic E-state index is 11.6. The third kappa shape index (κ3) is 2.25. The summed E-state index contributed by atoms with van der Waals surface area (Å²) >= 11 is 0. The Bertz CT molecular complexity index is 535. The fourth-order valence-corrected chi connectivity index (χ4v) is 1.56. The fraction of sp³-hybridized carbons (Fsp3) is 0.0769. The molecule has 17 heavy (non-hydrogen) atoms. The van der Waals surface area contributed by atoms with Crippen molar-refractivity contribution in [1.82, 2.24) is 4.98 Å². The minimum atomic E-state index is -0.376. The highest BCUT2D eigenvalue weighted by atomic mass is 16.5. The quantitative estimate of drug-likeness (QED) is 0.799. The molecule has 0 saturated heterocycles. The van der Waals surface area contributed by atoms with E-state index in [1.165, 1.54) is 7.11 Å². The summed E-state index contributed by atoms with van der Waals surface area (Å²) in [5, 5.41) is 0. The minimum absolute atomic E-state index is 0.376. The maximum absolute atomic E-state index is 11.6. The summed E-state index contributed by atoms with van der Waals surface area (Å²) in [7, 11) is 1.36. The van der Waals surface area contributed by atoms with Crippen molar-refractivity contribution in [2.24, 2.45) is 0 Å². The average molecular weight is 228 g/mol. The van der Waals surface area contributed by atoms with Crippen LogP contribution in [-0.4, -0.2) is 18.1 Å². The molecule has 4 heteroatoms. The Morgan fingerprint density at radius 1 is 1.24 bits per heavy atom. The Labute approximate surface area is 99.1 Å². The van der Waals surface area contributed by atoms with Crippen molar-refractivity contribution >= 4 is 11.7 Å². The van der Waals surface area contributed by atoms with Gasteiger partial charge in [-0.1, -0.05) is 18.2 Å². The number of hydrogen-bond donors (Lipinski definition) is 1. The number of nitrogens with zero attached hydrogens (tertiary/aromatic N) is 1. The van der Waals surface area contributed by atoms with Crippen molar-refractivity contribution in [2.45, 2.75) is 0 Å². The molecule has 1 aromatic carbocycles. The second-order valence-electron chi connectivity index (χ2n) is 3.51. The van der Waals surface area contributed by atoms with Gasteiger partial charge in [0.25, 0.3) is 0 Å². The lowest BCUT2D eigenvalue weighted by molar-refractivity contribution is 0.0601. The molecule has 0 amide bonds. The number of nitrogen functional groups attached to an aromatic ring is 1. The zero-order valence-electron chi connectivity index (χ0n) is 9.38. The molecule has 1 aromatic heterocycles. The molecule has 0 atom stereocenters. The van der Waals surface area contributed by atoms with Gasteiger partial charge in [0, 0.05) is 5.56 Å². The Balaban J connectivity index is 2.51. The third-order valence-electron chi connectivity index (χ3n) is 2.39. The van der Waals surface area contributed by atoms with Crippen LogP contribution in [0.3, 0.4) is 0 Å². The smallest absolute Gasteiger partial charge is 0.338 e. The number of nitrogens with two attached hydrogens (primary N) is 1. The van der Waals surface area contributed by atoms with Crippen LogP contribution in [0, 0.1) is 0 Å². The number of rotatable bonds is 2. The van der Waals surface area contributed by atoms with E-state index < -0.39 is 0 Å². The van der Waals surface area contributed by atoms with Crippen LogP contribution in [-0.2, 0) is 4.74 Å². The Kier molecular flexibility index (Phi) is 3.05. The van der Waals surface area contributed by atoms with E-state index in [0.29, 0.717) is 16.9 Å². The molecule has 2 N–H and O–H groups in total. The zero-order chi connectivity index (χ0) is 12.3. The molecule has 4 nitrogen and oxygen atoms in total. The van der Waals surface area contributed by atoms with E-state index in [9.17, 15) is 4.79 Å². The maximum Gasteiger partial charge on any atom is 0.338 e. The van der Waals surface area contributed by atoms with Gasteiger partial charge in [0.05, 0.1) is 30.3 Å². The van der Waals surface area contributed by atoms with Gasteiger partial charge in [-0.25, -0.2) is 4.79 Å². The van der Waals surface area contributed by atoms with E-state index in [1.54, 1.807) is 30.5 Å². The topological polar surface area (TPSA) is 65.2 Å². The fourth-order valence-electron chi connectivity index (χ4n) is 1.56. The van der Waals surface area contributed by atoms with Crippen molar-refractivity contribution in [2.75, 3.05) is 12.8 Å². The van der Waals surface area contributed by atoms with Gasteiger partial charge in [0.2, 0.25) is 0 Å². The van der Waals surface area contributed by atoms with Crippen LogP contribution in [0.15, 0.2) is 42.6 Å². The van der Waals surface area contributed by atoms with Crippen LogP contribution in [0.1, 0.15) is 10.4 Å². The Hall–Kier alpha value is -2.36. The van der Waals surface area contributed by atoms with Crippen LogP contribution in [0.4, 0.5) is 5.69 Å². The number of hydrogen-bond acceptors (Lipinski definition) is 4. The van der Waals surface area contributed by atoms with Gasteiger partial charge in [-0.3, -0.25) is 4.98 Å². The lowest BCUT2D eigenvalue weighted by atomic mass is 10.0. The first kappa shape index (κ1) is 11.1. The number of esters is 1. The highest BCUT2D eigenvalue weighted by Gasteiger charge is 2.12. The van der Waals surface area contributed by atoms with Gasteiger partial charge in [-0.2, -0.15) is 0 Å². The second kappa shape index (κ2) is 4.65. The molecule has 0 radical (unpaired) electrons. The van der Waals surface area contributed by atoms with Crippen molar-refractivity contribution < 1.29 is 9.53 Å². The van der Waals surface area contributed by atoms with E-state index in [-0.39, 0.29) is 5.97 Å². The summed E-state index contributed by atoms with van der Waals surface area (Å²) in [4.78, 5) is 15.8. The molecule has 2 rings (SSSR count). The Morgan fingerprint density at radius 3 is 2.65 bits per heavy atom. The molecular weight excluding hydrogens is 216 g/mol. The first-order valence-corrected chi connectivity index (χ1v) is 5.11. The molecule has 0 spiro atoms.